The summed E-state index contributed by atoms with van der Waals surface area (Å²) in [7, 11) is 1.66. The van der Waals surface area contributed by atoms with E-state index in [4.69, 9.17) is 4.74 Å². The topological polar surface area (TPSA) is 9.23 Å². The Morgan fingerprint density at radius 2 is 1.40 bits per heavy atom. The van der Waals surface area contributed by atoms with Gasteiger partial charge in [0.05, 0.1) is 7.11 Å². The molecule has 0 saturated heterocycles. The monoisotopic (exact) mass is 224 g/mol. The summed E-state index contributed by atoms with van der Waals surface area (Å²) in [5.74, 6) is 0.946. The van der Waals surface area contributed by atoms with Crippen molar-refractivity contribution in [3.63, 3.8) is 0 Å². The molecule has 0 atom stereocenters. The minimum Gasteiger partial charge on any atom is -0.497 e. The third-order valence-corrected chi connectivity index (χ3v) is 5.60. The molecule has 1 aromatic rings. The van der Waals surface area contributed by atoms with Crippen LogP contribution in [0.5, 0.6) is 5.75 Å². The van der Waals surface area contributed by atoms with Crippen molar-refractivity contribution >= 4 is 13.2 Å². The summed E-state index contributed by atoms with van der Waals surface area (Å²) >= 11 is 0. The predicted octanol–water partition coefficient (Wildman–Crippen LogP) is 3.62. The zero-order valence-electron chi connectivity index (χ0n) is 10.3. The zero-order chi connectivity index (χ0) is 11.4. The van der Waals surface area contributed by atoms with Crippen LogP contribution < -0.4 is 10.0 Å². The van der Waals surface area contributed by atoms with E-state index in [9.17, 15) is 0 Å². The highest BCUT2D eigenvalue weighted by Crippen LogP contribution is 2.44. The minimum atomic E-state index is -0.0467. The summed E-state index contributed by atoms with van der Waals surface area (Å²) < 4.78 is 5.18. The number of hydrogen-bond acceptors (Lipinski definition) is 1. The molecule has 0 amide bonds. The average molecular weight is 224 g/mol. The van der Waals surface area contributed by atoms with E-state index in [1.807, 2.05) is 0 Å². The molecule has 1 aromatic carbocycles. The van der Waals surface area contributed by atoms with E-state index in [2.05, 4.69) is 52.0 Å². The van der Waals surface area contributed by atoms with Crippen LogP contribution in [0.3, 0.4) is 0 Å². The van der Waals surface area contributed by atoms with E-state index >= 15 is 0 Å². The lowest BCUT2D eigenvalue weighted by atomic mass is 10.3. The van der Waals surface area contributed by atoms with Crippen LogP contribution in [0.25, 0.3) is 0 Å². The first-order chi connectivity index (χ1) is 7.06. The summed E-state index contributed by atoms with van der Waals surface area (Å²) in [6.07, 6.45) is 0. The van der Waals surface area contributed by atoms with Crippen molar-refractivity contribution in [3.8, 4) is 5.75 Å². The first kappa shape index (κ1) is 12.5. The maximum Gasteiger partial charge on any atom is 0.118 e. The fourth-order valence-corrected chi connectivity index (χ4v) is 4.83. The van der Waals surface area contributed by atoms with E-state index in [0.29, 0.717) is 0 Å². The predicted molar refractivity (Wildman–Crippen MR) is 69.8 cm³/mol. The lowest BCUT2D eigenvalue weighted by molar-refractivity contribution is 0.415. The van der Waals surface area contributed by atoms with Gasteiger partial charge in [-0.1, -0.05) is 47.7 Å². The molecule has 1 nitrogen and oxygen atoms in total. The minimum absolute atomic E-state index is 0.0467. The Hall–Kier alpha value is -0.550. The summed E-state index contributed by atoms with van der Waals surface area (Å²) in [4.78, 5) is 0. The van der Waals surface area contributed by atoms with Crippen molar-refractivity contribution in [2.75, 3.05) is 7.11 Å². The molecular formula is C13H21OP. The quantitative estimate of drug-likeness (QED) is 0.710. The van der Waals surface area contributed by atoms with Crippen molar-refractivity contribution in [1.82, 2.24) is 0 Å². The zero-order valence-corrected chi connectivity index (χ0v) is 11.2. The number of benzene rings is 1. The number of methoxy groups -OCH3 is 1. The molecule has 0 unspecified atom stereocenters. The normalized spacial score (nSPS) is 11.5. The molecule has 0 fully saturated rings. The van der Waals surface area contributed by atoms with Gasteiger partial charge in [0.2, 0.25) is 0 Å². The van der Waals surface area contributed by atoms with Crippen molar-refractivity contribution in [2.24, 2.45) is 0 Å². The first-order valence-corrected chi connectivity index (χ1v) is 6.96. The van der Waals surface area contributed by atoms with Crippen LogP contribution in [0.15, 0.2) is 24.3 Å². The summed E-state index contributed by atoms with van der Waals surface area (Å²) in [5.41, 5.74) is 1.49. The molecule has 0 saturated carbocycles. The van der Waals surface area contributed by atoms with E-state index in [1.165, 1.54) is 5.30 Å². The van der Waals surface area contributed by atoms with Gasteiger partial charge in [-0.15, -0.1) is 0 Å². The van der Waals surface area contributed by atoms with Crippen LogP contribution in [0, 0.1) is 0 Å². The first-order valence-electron chi connectivity index (χ1n) is 5.48. The van der Waals surface area contributed by atoms with E-state index < -0.39 is 0 Å². The molecule has 15 heavy (non-hydrogen) atoms. The van der Waals surface area contributed by atoms with Gasteiger partial charge in [0, 0.05) is 0 Å². The van der Waals surface area contributed by atoms with Gasteiger partial charge in [-0.2, -0.15) is 0 Å². The highest BCUT2D eigenvalue weighted by Gasteiger charge is 2.18. The standard InChI is InChI=1S/C13H21OP/c1-10(2)15(11(3)4)13-8-6-12(14-5)7-9-13/h6-11H,1-5H3. The van der Waals surface area contributed by atoms with Gasteiger partial charge in [-0.05, 0) is 28.8 Å². The molecule has 84 valence electrons. The van der Waals surface area contributed by atoms with Crippen molar-refractivity contribution in [1.29, 1.82) is 0 Å². The Balaban J connectivity index is 2.92. The third kappa shape index (κ3) is 3.21. The van der Waals surface area contributed by atoms with Gasteiger partial charge < -0.3 is 4.74 Å². The third-order valence-electron chi connectivity index (χ3n) is 2.48. The summed E-state index contributed by atoms with van der Waals surface area (Å²) in [6, 6.07) is 8.56. The Morgan fingerprint density at radius 3 is 1.73 bits per heavy atom. The molecule has 0 N–H and O–H groups in total. The Morgan fingerprint density at radius 1 is 0.933 bits per heavy atom. The van der Waals surface area contributed by atoms with Gasteiger partial charge in [-0.25, -0.2) is 0 Å². The number of rotatable bonds is 4. The van der Waals surface area contributed by atoms with E-state index in [1.54, 1.807) is 7.11 Å². The van der Waals surface area contributed by atoms with Crippen LogP contribution in [0.4, 0.5) is 0 Å². The molecule has 0 aliphatic carbocycles. The van der Waals surface area contributed by atoms with Crippen molar-refractivity contribution < 1.29 is 4.74 Å². The summed E-state index contributed by atoms with van der Waals surface area (Å²) in [5, 5.41) is 1.48. The molecule has 0 aliphatic rings. The Kier molecular flexibility index (Phi) is 4.60. The summed E-state index contributed by atoms with van der Waals surface area (Å²) in [6.45, 7) is 9.26. The second-order valence-electron chi connectivity index (χ2n) is 4.29. The Labute approximate surface area is 94.6 Å². The lowest BCUT2D eigenvalue weighted by Gasteiger charge is -2.26. The molecule has 0 aromatic heterocycles. The van der Waals surface area contributed by atoms with Gasteiger partial charge in [0.1, 0.15) is 5.75 Å². The SMILES string of the molecule is COc1ccc(P(C(C)C)C(C)C)cc1. The highest BCUT2D eigenvalue weighted by atomic mass is 31.1. The fraction of sp³-hybridized carbons (Fsp3) is 0.538. The van der Waals surface area contributed by atoms with E-state index in [0.717, 1.165) is 17.1 Å². The lowest BCUT2D eigenvalue weighted by Crippen LogP contribution is -2.14. The van der Waals surface area contributed by atoms with Gasteiger partial charge in [-0.3, -0.25) is 0 Å². The molecule has 0 spiro atoms. The molecule has 0 bridgehead atoms. The molecule has 2 heteroatoms. The van der Waals surface area contributed by atoms with Gasteiger partial charge >= 0.3 is 0 Å². The maximum absolute atomic E-state index is 5.18. The van der Waals surface area contributed by atoms with Crippen LogP contribution in [0.1, 0.15) is 27.7 Å². The van der Waals surface area contributed by atoms with Crippen molar-refractivity contribution in [3.05, 3.63) is 24.3 Å². The molecule has 1 rings (SSSR count). The van der Waals surface area contributed by atoms with Crippen LogP contribution in [0.2, 0.25) is 0 Å². The van der Waals surface area contributed by atoms with Gasteiger partial charge in [0.15, 0.2) is 0 Å². The Bertz CT molecular complexity index is 282. The van der Waals surface area contributed by atoms with Crippen LogP contribution in [-0.4, -0.2) is 18.4 Å². The molecule has 0 aliphatic heterocycles. The van der Waals surface area contributed by atoms with E-state index in [-0.39, 0.29) is 7.92 Å². The second kappa shape index (κ2) is 5.51. The highest BCUT2D eigenvalue weighted by molar-refractivity contribution is 7.66. The number of ether oxygens (including phenoxy) is 1. The largest absolute Gasteiger partial charge is 0.497 e. The molecular weight excluding hydrogens is 203 g/mol. The smallest absolute Gasteiger partial charge is 0.118 e. The molecule has 0 radical (unpaired) electrons. The van der Waals surface area contributed by atoms with Crippen LogP contribution in [-0.2, 0) is 0 Å². The second-order valence-corrected chi connectivity index (χ2v) is 7.69. The molecule has 0 heterocycles. The fourth-order valence-electron chi connectivity index (χ4n) is 1.95. The number of hydrogen-bond donors (Lipinski definition) is 0. The maximum atomic E-state index is 5.18. The van der Waals surface area contributed by atoms with Crippen molar-refractivity contribution in [2.45, 2.75) is 39.0 Å². The van der Waals surface area contributed by atoms with Crippen LogP contribution >= 0.6 is 7.92 Å². The van der Waals surface area contributed by atoms with Gasteiger partial charge in [0.25, 0.3) is 0 Å². The average Bonchev–Trinajstić information content (AvgIpc) is 2.18.